The fourth-order valence-electron chi connectivity index (χ4n) is 3.93. The second-order valence-corrected chi connectivity index (χ2v) is 11.5. The third kappa shape index (κ3) is 11.9. The van der Waals surface area contributed by atoms with E-state index in [2.05, 4.69) is 16.0 Å². The summed E-state index contributed by atoms with van der Waals surface area (Å²) in [7, 11) is 0. The Morgan fingerprint density at radius 3 is 2.15 bits per heavy atom. The fraction of sp³-hybridized carbons (Fsp3) is 0.833. The molecular formula is C24H43N3O6S. The molecule has 1 aliphatic carbocycles. The summed E-state index contributed by atoms with van der Waals surface area (Å²) in [5.74, 6) is -0.514. The van der Waals surface area contributed by atoms with Crippen molar-refractivity contribution in [2.75, 3.05) is 18.6 Å². The van der Waals surface area contributed by atoms with Crippen molar-refractivity contribution in [3.05, 3.63) is 0 Å². The minimum atomic E-state index is -1.01. The SMILES string of the molecule is CSCC[C@H](NC(=O)OC(C)(C)C)C(=O)NCC1CCC(C(=O)N[C@H](CC(C)C)C(=O)O)CC1. The zero-order valence-corrected chi connectivity index (χ0v) is 22.3. The van der Waals surface area contributed by atoms with Gasteiger partial charge in [0, 0.05) is 12.5 Å². The number of nitrogens with one attached hydrogen (secondary N) is 3. The fourth-order valence-corrected chi connectivity index (χ4v) is 4.41. The Bertz CT molecular complexity index is 687. The van der Waals surface area contributed by atoms with Crippen molar-refractivity contribution in [1.82, 2.24) is 16.0 Å². The molecule has 0 spiro atoms. The zero-order chi connectivity index (χ0) is 25.9. The molecule has 10 heteroatoms. The zero-order valence-electron chi connectivity index (χ0n) is 21.4. The molecule has 34 heavy (non-hydrogen) atoms. The maximum atomic E-state index is 12.7. The third-order valence-electron chi connectivity index (χ3n) is 5.72. The van der Waals surface area contributed by atoms with Crippen molar-refractivity contribution in [1.29, 1.82) is 0 Å². The molecule has 0 heterocycles. The van der Waals surface area contributed by atoms with Crippen molar-refractivity contribution in [2.24, 2.45) is 17.8 Å². The highest BCUT2D eigenvalue weighted by Crippen LogP contribution is 2.29. The van der Waals surface area contributed by atoms with Crippen LogP contribution in [0.4, 0.5) is 4.79 Å². The van der Waals surface area contributed by atoms with E-state index in [0.717, 1.165) is 18.6 Å². The second-order valence-electron chi connectivity index (χ2n) is 10.5. The molecule has 196 valence electrons. The van der Waals surface area contributed by atoms with E-state index >= 15 is 0 Å². The van der Waals surface area contributed by atoms with E-state index in [1.807, 2.05) is 20.1 Å². The Morgan fingerprint density at radius 2 is 1.65 bits per heavy atom. The molecule has 0 unspecified atom stereocenters. The molecule has 0 bridgehead atoms. The van der Waals surface area contributed by atoms with Gasteiger partial charge in [0.1, 0.15) is 17.7 Å². The molecule has 0 aromatic rings. The summed E-state index contributed by atoms with van der Waals surface area (Å²) in [5.41, 5.74) is -0.644. The Labute approximate surface area is 207 Å². The Hall–Kier alpha value is -1.97. The molecule has 0 aliphatic heterocycles. The molecular weight excluding hydrogens is 458 g/mol. The van der Waals surface area contributed by atoms with Gasteiger partial charge in [-0.25, -0.2) is 9.59 Å². The van der Waals surface area contributed by atoms with Gasteiger partial charge in [-0.05, 0) is 83.1 Å². The van der Waals surface area contributed by atoms with Gasteiger partial charge < -0.3 is 25.8 Å². The summed E-state index contributed by atoms with van der Waals surface area (Å²) in [4.78, 5) is 48.8. The number of carboxylic acids is 1. The third-order valence-corrected chi connectivity index (χ3v) is 6.37. The van der Waals surface area contributed by atoms with Crippen LogP contribution in [0.3, 0.4) is 0 Å². The van der Waals surface area contributed by atoms with Crippen LogP contribution in [0.5, 0.6) is 0 Å². The van der Waals surface area contributed by atoms with E-state index < -0.39 is 29.7 Å². The number of alkyl carbamates (subject to hydrolysis) is 1. The van der Waals surface area contributed by atoms with Crippen LogP contribution in [0.2, 0.25) is 0 Å². The number of ether oxygens (including phenoxy) is 1. The smallest absolute Gasteiger partial charge is 0.408 e. The number of hydrogen-bond donors (Lipinski definition) is 4. The summed E-state index contributed by atoms with van der Waals surface area (Å²) in [6.45, 7) is 9.64. The van der Waals surface area contributed by atoms with E-state index in [1.165, 1.54) is 0 Å². The average molecular weight is 502 g/mol. The van der Waals surface area contributed by atoms with Crippen LogP contribution in [0.15, 0.2) is 0 Å². The van der Waals surface area contributed by atoms with Crippen LogP contribution in [0, 0.1) is 17.8 Å². The summed E-state index contributed by atoms with van der Waals surface area (Å²) >= 11 is 1.60. The summed E-state index contributed by atoms with van der Waals surface area (Å²) < 4.78 is 5.28. The van der Waals surface area contributed by atoms with Crippen LogP contribution in [0.25, 0.3) is 0 Å². The predicted octanol–water partition coefficient (Wildman–Crippen LogP) is 3.17. The van der Waals surface area contributed by atoms with Crippen molar-refractivity contribution in [3.63, 3.8) is 0 Å². The lowest BCUT2D eigenvalue weighted by Gasteiger charge is -2.29. The number of thioether (sulfide) groups is 1. The van der Waals surface area contributed by atoms with E-state index in [0.29, 0.717) is 32.2 Å². The highest BCUT2D eigenvalue weighted by atomic mass is 32.2. The summed E-state index contributed by atoms with van der Waals surface area (Å²) in [6, 6.07) is -1.53. The predicted molar refractivity (Wildman–Crippen MR) is 134 cm³/mol. The first kappa shape index (κ1) is 30.1. The minimum Gasteiger partial charge on any atom is -0.480 e. The van der Waals surface area contributed by atoms with Gasteiger partial charge in [-0.2, -0.15) is 11.8 Å². The van der Waals surface area contributed by atoms with Gasteiger partial charge in [0.2, 0.25) is 11.8 Å². The quantitative estimate of drug-likeness (QED) is 0.323. The van der Waals surface area contributed by atoms with Crippen LogP contribution < -0.4 is 16.0 Å². The Kier molecular flexibility index (Phi) is 12.8. The molecule has 0 aromatic carbocycles. The maximum absolute atomic E-state index is 12.7. The van der Waals surface area contributed by atoms with Crippen LogP contribution >= 0.6 is 11.8 Å². The molecule has 1 saturated carbocycles. The van der Waals surface area contributed by atoms with E-state index in [9.17, 15) is 24.3 Å². The highest BCUT2D eigenvalue weighted by Gasteiger charge is 2.30. The lowest BCUT2D eigenvalue weighted by molar-refractivity contribution is -0.143. The van der Waals surface area contributed by atoms with Gasteiger partial charge in [0.15, 0.2) is 0 Å². The molecule has 1 rings (SSSR count). The van der Waals surface area contributed by atoms with E-state index in [4.69, 9.17) is 4.74 Å². The topological polar surface area (TPSA) is 134 Å². The second kappa shape index (κ2) is 14.4. The molecule has 0 radical (unpaired) electrons. The number of aliphatic carboxylic acids is 1. The molecule has 0 aromatic heterocycles. The highest BCUT2D eigenvalue weighted by molar-refractivity contribution is 7.98. The van der Waals surface area contributed by atoms with E-state index in [1.54, 1.807) is 32.5 Å². The lowest BCUT2D eigenvalue weighted by Crippen LogP contribution is -2.49. The number of carbonyl (C=O) groups excluding carboxylic acids is 3. The summed E-state index contributed by atoms with van der Waals surface area (Å²) in [5, 5.41) is 17.7. The lowest BCUT2D eigenvalue weighted by atomic mass is 9.81. The van der Waals surface area contributed by atoms with Crippen molar-refractivity contribution in [2.45, 2.75) is 90.8 Å². The van der Waals surface area contributed by atoms with Crippen LogP contribution in [-0.4, -0.2) is 65.2 Å². The van der Waals surface area contributed by atoms with Gasteiger partial charge in [0.25, 0.3) is 0 Å². The number of amides is 3. The van der Waals surface area contributed by atoms with Crippen LogP contribution in [0.1, 0.15) is 73.1 Å². The monoisotopic (exact) mass is 501 g/mol. The van der Waals surface area contributed by atoms with Crippen LogP contribution in [-0.2, 0) is 19.1 Å². The summed E-state index contributed by atoms with van der Waals surface area (Å²) in [6.07, 6.45) is 5.09. The first-order chi connectivity index (χ1) is 15.8. The number of carbonyl (C=O) groups is 4. The average Bonchev–Trinajstić information content (AvgIpc) is 2.73. The molecule has 3 amide bonds. The molecule has 9 nitrogen and oxygen atoms in total. The van der Waals surface area contributed by atoms with Crippen molar-refractivity contribution < 1.29 is 29.0 Å². The molecule has 4 N–H and O–H groups in total. The molecule has 0 saturated heterocycles. The molecule has 1 fully saturated rings. The Morgan fingerprint density at radius 1 is 1.03 bits per heavy atom. The largest absolute Gasteiger partial charge is 0.480 e. The standard InChI is InChI=1S/C24H43N3O6S/c1-15(2)13-19(22(30)31)26-20(28)17-9-7-16(8-10-17)14-25-21(29)18(11-12-34-6)27-23(32)33-24(3,4)5/h15-19H,7-14H2,1-6H3,(H,25,29)(H,26,28)(H,27,32)(H,30,31)/t16?,17?,18-,19+/m0/s1. The normalized spacial score (nSPS) is 20.2. The molecule has 1 aliphatic rings. The number of carboxylic acid groups (broad SMARTS) is 1. The molecule has 2 atom stereocenters. The van der Waals surface area contributed by atoms with Gasteiger partial charge in [-0.15, -0.1) is 0 Å². The van der Waals surface area contributed by atoms with Gasteiger partial charge in [-0.1, -0.05) is 13.8 Å². The van der Waals surface area contributed by atoms with Gasteiger partial charge in [0.05, 0.1) is 0 Å². The van der Waals surface area contributed by atoms with E-state index in [-0.39, 0.29) is 29.6 Å². The van der Waals surface area contributed by atoms with Crippen molar-refractivity contribution >= 4 is 35.6 Å². The Balaban J connectivity index is 2.51. The minimum absolute atomic E-state index is 0.172. The maximum Gasteiger partial charge on any atom is 0.408 e. The first-order valence-corrected chi connectivity index (χ1v) is 13.5. The first-order valence-electron chi connectivity index (χ1n) is 12.1. The number of rotatable bonds is 12. The number of hydrogen-bond acceptors (Lipinski definition) is 6. The van der Waals surface area contributed by atoms with Gasteiger partial charge in [-0.3, -0.25) is 9.59 Å². The van der Waals surface area contributed by atoms with Gasteiger partial charge >= 0.3 is 12.1 Å². The van der Waals surface area contributed by atoms with Crippen molar-refractivity contribution in [3.8, 4) is 0 Å².